The molecule has 1 aromatic carbocycles. The SMILES string of the molecule is Nc1nc(NCCOc2ccccc2)ncc1[N+](=O)[O-]. The van der Waals surface area contributed by atoms with Crippen LogP contribution < -0.4 is 15.8 Å². The van der Waals surface area contributed by atoms with E-state index in [0.717, 1.165) is 11.9 Å². The van der Waals surface area contributed by atoms with E-state index >= 15 is 0 Å². The van der Waals surface area contributed by atoms with Crippen molar-refractivity contribution in [3.8, 4) is 5.75 Å². The highest BCUT2D eigenvalue weighted by Gasteiger charge is 2.13. The summed E-state index contributed by atoms with van der Waals surface area (Å²) in [5.74, 6) is 0.819. The van der Waals surface area contributed by atoms with Gasteiger partial charge in [0.25, 0.3) is 0 Å². The zero-order valence-corrected chi connectivity index (χ0v) is 10.5. The van der Waals surface area contributed by atoms with E-state index in [1.165, 1.54) is 0 Å². The number of nitro groups is 1. The molecule has 8 nitrogen and oxygen atoms in total. The molecule has 0 amide bonds. The third kappa shape index (κ3) is 3.55. The lowest BCUT2D eigenvalue weighted by Gasteiger charge is -2.07. The number of hydrogen-bond donors (Lipinski definition) is 2. The number of para-hydroxylation sites is 1. The number of rotatable bonds is 6. The molecular weight excluding hydrogens is 262 g/mol. The predicted octanol–water partition coefficient (Wildman–Crippen LogP) is 1.46. The van der Waals surface area contributed by atoms with Crippen molar-refractivity contribution in [3.05, 3.63) is 46.6 Å². The van der Waals surface area contributed by atoms with E-state index in [-0.39, 0.29) is 17.5 Å². The Labute approximate surface area is 114 Å². The van der Waals surface area contributed by atoms with Crippen LogP contribution in [-0.4, -0.2) is 28.0 Å². The maximum absolute atomic E-state index is 10.6. The Kier molecular flexibility index (Phi) is 4.28. The maximum atomic E-state index is 10.6. The van der Waals surface area contributed by atoms with E-state index in [2.05, 4.69) is 15.3 Å². The van der Waals surface area contributed by atoms with Gasteiger partial charge < -0.3 is 15.8 Å². The molecule has 1 heterocycles. The highest BCUT2D eigenvalue weighted by molar-refractivity contribution is 5.53. The number of nitrogen functional groups attached to an aromatic ring is 1. The van der Waals surface area contributed by atoms with Crippen molar-refractivity contribution < 1.29 is 9.66 Å². The average molecular weight is 275 g/mol. The van der Waals surface area contributed by atoms with Gasteiger partial charge in [-0.2, -0.15) is 4.98 Å². The highest BCUT2D eigenvalue weighted by Crippen LogP contribution is 2.17. The summed E-state index contributed by atoms with van der Waals surface area (Å²) in [7, 11) is 0. The second-order valence-electron chi connectivity index (χ2n) is 3.81. The van der Waals surface area contributed by atoms with Gasteiger partial charge in [0, 0.05) is 0 Å². The Morgan fingerprint density at radius 2 is 2.10 bits per heavy atom. The number of benzene rings is 1. The molecule has 0 saturated heterocycles. The van der Waals surface area contributed by atoms with Crippen LogP contribution in [-0.2, 0) is 0 Å². The third-order valence-electron chi connectivity index (χ3n) is 2.39. The van der Waals surface area contributed by atoms with Gasteiger partial charge in [-0.3, -0.25) is 10.1 Å². The van der Waals surface area contributed by atoms with Crippen LogP contribution in [0.1, 0.15) is 0 Å². The van der Waals surface area contributed by atoms with Crippen molar-refractivity contribution in [2.45, 2.75) is 0 Å². The molecule has 0 bridgehead atoms. The molecule has 0 aliphatic rings. The van der Waals surface area contributed by atoms with Gasteiger partial charge in [-0.05, 0) is 12.1 Å². The van der Waals surface area contributed by atoms with E-state index in [9.17, 15) is 10.1 Å². The lowest BCUT2D eigenvalue weighted by atomic mass is 10.3. The Morgan fingerprint density at radius 3 is 2.75 bits per heavy atom. The molecule has 0 aliphatic heterocycles. The first-order valence-electron chi connectivity index (χ1n) is 5.85. The Bertz CT molecular complexity index is 591. The zero-order chi connectivity index (χ0) is 14.4. The summed E-state index contributed by atoms with van der Waals surface area (Å²) in [5, 5.41) is 13.4. The molecule has 3 N–H and O–H groups in total. The molecule has 0 spiro atoms. The molecule has 0 atom stereocenters. The number of aromatic nitrogens is 2. The number of hydrogen-bond acceptors (Lipinski definition) is 7. The first-order chi connectivity index (χ1) is 9.66. The van der Waals surface area contributed by atoms with E-state index in [1.54, 1.807) is 0 Å². The van der Waals surface area contributed by atoms with Crippen molar-refractivity contribution in [3.63, 3.8) is 0 Å². The highest BCUT2D eigenvalue weighted by atomic mass is 16.6. The molecule has 0 unspecified atom stereocenters. The summed E-state index contributed by atoms with van der Waals surface area (Å²) in [6.07, 6.45) is 1.07. The number of ether oxygens (including phenoxy) is 1. The van der Waals surface area contributed by atoms with E-state index < -0.39 is 4.92 Å². The largest absolute Gasteiger partial charge is 0.492 e. The molecule has 8 heteroatoms. The van der Waals surface area contributed by atoms with Gasteiger partial charge in [0.15, 0.2) is 0 Å². The molecular formula is C12H13N5O3. The molecule has 1 aromatic heterocycles. The summed E-state index contributed by atoms with van der Waals surface area (Å²) >= 11 is 0. The summed E-state index contributed by atoms with van der Waals surface area (Å²) in [6, 6.07) is 9.35. The second-order valence-corrected chi connectivity index (χ2v) is 3.81. The van der Waals surface area contributed by atoms with Crippen molar-refractivity contribution in [1.82, 2.24) is 9.97 Å². The average Bonchev–Trinajstić information content (AvgIpc) is 2.44. The van der Waals surface area contributed by atoms with Crippen molar-refractivity contribution in [1.29, 1.82) is 0 Å². The third-order valence-corrected chi connectivity index (χ3v) is 2.39. The normalized spacial score (nSPS) is 10.0. The summed E-state index contributed by atoms with van der Waals surface area (Å²) in [5.41, 5.74) is 5.14. The predicted molar refractivity (Wildman–Crippen MR) is 73.5 cm³/mol. The van der Waals surface area contributed by atoms with Crippen LogP contribution in [0.3, 0.4) is 0 Å². The summed E-state index contributed by atoms with van der Waals surface area (Å²) < 4.78 is 5.46. The molecule has 2 rings (SSSR count). The topological polar surface area (TPSA) is 116 Å². The van der Waals surface area contributed by atoms with Crippen molar-refractivity contribution in [2.75, 3.05) is 24.2 Å². The van der Waals surface area contributed by atoms with Gasteiger partial charge in [-0.15, -0.1) is 0 Å². The van der Waals surface area contributed by atoms with Crippen LogP contribution in [0.2, 0.25) is 0 Å². The van der Waals surface area contributed by atoms with Gasteiger partial charge in [0.1, 0.15) is 18.6 Å². The van der Waals surface area contributed by atoms with Crippen LogP contribution in [0.4, 0.5) is 17.5 Å². The van der Waals surface area contributed by atoms with Gasteiger partial charge in [-0.25, -0.2) is 4.98 Å². The molecule has 0 fully saturated rings. The van der Waals surface area contributed by atoms with Gasteiger partial charge in [-0.1, -0.05) is 18.2 Å². The first kappa shape index (κ1) is 13.5. The smallest absolute Gasteiger partial charge is 0.329 e. The van der Waals surface area contributed by atoms with Crippen LogP contribution in [0.25, 0.3) is 0 Å². The van der Waals surface area contributed by atoms with Gasteiger partial charge in [0.05, 0.1) is 11.5 Å². The summed E-state index contributed by atoms with van der Waals surface area (Å²) in [6.45, 7) is 0.858. The lowest BCUT2D eigenvalue weighted by Crippen LogP contribution is -2.14. The fraction of sp³-hybridized carbons (Fsp3) is 0.167. The minimum atomic E-state index is -0.627. The molecule has 20 heavy (non-hydrogen) atoms. The maximum Gasteiger partial charge on any atom is 0.329 e. The Morgan fingerprint density at radius 1 is 1.35 bits per heavy atom. The zero-order valence-electron chi connectivity index (χ0n) is 10.5. The number of nitrogens with two attached hydrogens (primary N) is 1. The van der Waals surface area contributed by atoms with Crippen LogP contribution in [0.15, 0.2) is 36.5 Å². The molecule has 0 radical (unpaired) electrons. The molecule has 0 aliphatic carbocycles. The molecule has 104 valence electrons. The summed E-state index contributed by atoms with van der Waals surface area (Å²) in [4.78, 5) is 17.5. The quantitative estimate of drug-likeness (QED) is 0.465. The van der Waals surface area contributed by atoms with Crippen LogP contribution >= 0.6 is 0 Å². The minimum Gasteiger partial charge on any atom is -0.492 e. The molecule has 2 aromatic rings. The molecule has 0 saturated carbocycles. The first-order valence-corrected chi connectivity index (χ1v) is 5.85. The number of anilines is 2. The van der Waals surface area contributed by atoms with Crippen molar-refractivity contribution >= 4 is 17.5 Å². The fourth-order valence-corrected chi connectivity index (χ4v) is 1.46. The lowest BCUT2D eigenvalue weighted by molar-refractivity contribution is -0.384. The van der Waals surface area contributed by atoms with E-state index in [1.807, 2.05) is 30.3 Å². The standard InChI is InChI=1S/C12H13N5O3/c13-11-10(17(18)19)8-15-12(16-11)14-6-7-20-9-4-2-1-3-5-9/h1-5,8H,6-7H2,(H3,13,14,15,16). The van der Waals surface area contributed by atoms with Crippen molar-refractivity contribution in [2.24, 2.45) is 0 Å². The monoisotopic (exact) mass is 275 g/mol. The van der Waals surface area contributed by atoms with Crippen LogP contribution in [0, 0.1) is 10.1 Å². The Balaban J connectivity index is 1.83. The number of nitrogens with one attached hydrogen (secondary N) is 1. The minimum absolute atomic E-state index is 0.170. The van der Waals surface area contributed by atoms with Gasteiger partial charge >= 0.3 is 5.69 Å². The van der Waals surface area contributed by atoms with E-state index in [4.69, 9.17) is 10.5 Å². The van der Waals surface area contributed by atoms with E-state index in [0.29, 0.717) is 13.2 Å². The second kappa shape index (κ2) is 6.32. The fourth-order valence-electron chi connectivity index (χ4n) is 1.46. The number of nitrogens with zero attached hydrogens (tertiary/aromatic N) is 3. The Hall–Kier alpha value is -2.90. The van der Waals surface area contributed by atoms with Crippen LogP contribution in [0.5, 0.6) is 5.75 Å². The van der Waals surface area contributed by atoms with Gasteiger partial charge in [0.2, 0.25) is 11.8 Å².